The molecule has 0 saturated heterocycles. The molecule has 0 amide bonds. The molecule has 3 N–H and O–H groups in total. The fourth-order valence-corrected chi connectivity index (χ4v) is 5.51. The van der Waals surface area contributed by atoms with Crippen LogP contribution in [0.3, 0.4) is 0 Å². The number of ether oxygens (including phenoxy) is 1. The van der Waals surface area contributed by atoms with E-state index in [0.717, 1.165) is 30.6 Å². The van der Waals surface area contributed by atoms with Crippen LogP contribution in [0.1, 0.15) is 51.4 Å². The highest BCUT2D eigenvalue weighted by Crippen LogP contribution is 2.61. The van der Waals surface area contributed by atoms with Gasteiger partial charge in [-0.15, -0.1) is 0 Å². The van der Waals surface area contributed by atoms with Gasteiger partial charge in [0.15, 0.2) is 0 Å². The minimum absolute atomic E-state index is 0.0861. The number of hydrogen-bond acceptors (Lipinski definition) is 3. The molecule has 4 saturated carbocycles. The first kappa shape index (κ1) is 13.8. The Morgan fingerprint density at radius 2 is 1.68 bits per heavy atom. The van der Waals surface area contributed by atoms with E-state index in [1.807, 2.05) is 0 Å². The Labute approximate surface area is 116 Å². The van der Waals surface area contributed by atoms with E-state index < -0.39 is 0 Å². The molecular weight excluding hydrogens is 238 g/mol. The van der Waals surface area contributed by atoms with Crippen LogP contribution >= 0.6 is 0 Å². The molecule has 2 atom stereocenters. The van der Waals surface area contributed by atoms with Crippen molar-refractivity contribution in [2.24, 2.45) is 28.9 Å². The Balaban J connectivity index is 1.61. The summed E-state index contributed by atoms with van der Waals surface area (Å²) in [5.74, 6) is 2.70. The third-order valence-electron chi connectivity index (χ3n) is 6.01. The van der Waals surface area contributed by atoms with Gasteiger partial charge in [0.1, 0.15) is 0 Å². The lowest BCUT2D eigenvalue weighted by atomic mass is 9.48. The largest absolute Gasteiger partial charge is 0.392 e. The molecule has 3 heteroatoms. The summed E-state index contributed by atoms with van der Waals surface area (Å²) in [7, 11) is 1.71. The quantitative estimate of drug-likeness (QED) is 0.776. The van der Waals surface area contributed by atoms with Gasteiger partial charge in [-0.1, -0.05) is 0 Å². The second-order valence-corrected chi connectivity index (χ2v) is 7.57. The van der Waals surface area contributed by atoms with Gasteiger partial charge >= 0.3 is 0 Å². The molecule has 4 aliphatic rings. The topological polar surface area (TPSA) is 55.5 Å². The Morgan fingerprint density at radius 3 is 2.16 bits per heavy atom. The van der Waals surface area contributed by atoms with Crippen molar-refractivity contribution in [3.8, 4) is 0 Å². The first-order chi connectivity index (χ1) is 9.11. The molecule has 0 aromatic carbocycles. The monoisotopic (exact) mass is 267 g/mol. The predicted octanol–water partition coefficient (Wildman–Crippen LogP) is 2.32. The third kappa shape index (κ3) is 2.70. The van der Waals surface area contributed by atoms with E-state index in [1.165, 1.54) is 38.5 Å². The second kappa shape index (κ2) is 5.34. The molecule has 0 aliphatic heterocycles. The van der Waals surface area contributed by atoms with Gasteiger partial charge in [-0.2, -0.15) is 0 Å². The standard InChI is InChI=1S/C16H29NO2/c1-19-3-2-14(17)7-15(18)16-8-11-4-12(9-16)6-13(5-11)10-16/h11-15,18H,2-10,17H2,1H3. The molecule has 0 spiro atoms. The fourth-order valence-electron chi connectivity index (χ4n) is 5.51. The summed E-state index contributed by atoms with van der Waals surface area (Å²) in [6.07, 6.45) is 9.51. The molecule has 4 rings (SSSR count). The zero-order chi connectivity index (χ0) is 13.5. The number of aliphatic hydroxyl groups excluding tert-OH is 1. The van der Waals surface area contributed by atoms with Gasteiger partial charge < -0.3 is 15.6 Å². The van der Waals surface area contributed by atoms with E-state index in [2.05, 4.69) is 0 Å². The lowest BCUT2D eigenvalue weighted by Gasteiger charge is -2.58. The minimum Gasteiger partial charge on any atom is -0.392 e. The van der Waals surface area contributed by atoms with E-state index >= 15 is 0 Å². The molecule has 110 valence electrons. The third-order valence-corrected chi connectivity index (χ3v) is 6.01. The summed E-state index contributed by atoms with van der Waals surface area (Å²) < 4.78 is 5.08. The molecule has 3 nitrogen and oxygen atoms in total. The van der Waals surface area contributed by atoms with E-state index in [9.17, 15) is 5.11 Å². The Morgan fingerprint density at radius 1 is 1.16 bits per heavy atom. The van der Waals surface area contributed by atoms with E-state index in [0.29, 0.717) is 6.61 Å². The summed E-state index contributed by atoms with van der Waals surface area (Å²) in [6, 6.07) is 0.0861. The molecule has 4 aliphatic carbocycles. The summed E-state index contributed by atoms with van der Waals surface area (Å²) in [4.78, 5) is 0. The van der Waals surface area contributed by atoms with Crippen molar-refractivity contribution in [3.05, 3.63) is 0 Å². The van der Waals surface area contributed by atoms with Crippen LogP contribution < -0.4 is 5.73 Å². The van der Waals surface area contributed by atoms with Crippen LogP contribution in [0.4, 0.5) is 0 Å². The van der Waals surface area contributed by atoms with Crippen molar-refractivity contribution in [2.75, 3.05) is 13.7 Å². The zero-order valence-electron chi connectivity index (χ0n) is 12.2. The Hall–Kier alpha value is -0.120. The minimum atomic E-state index is -0.187. The van der Waals surface area contributed by atoms with E-state index in [-0.39, 0.29) is 17.6 Å². The summed E-state index contributed by atoms with van der Waals surface area (Å²) in [6.45, 7) is 0.703. The maximum absolute atomic E-state index is 10.8. The average Bonchev–Trinajstić information content (AvgIpc) is 2.34. The first-order valence-electron chi connectivity index (χ1n) is 8.04. The lowest BCUT2D eigenvalue weighted by Crippen LogP contribution is -2.52. The maximum atomic E-state index is 10.8. The number of methoxy groups -OCH3 is 1. The van der Waals surface area contributed by atoms with Crippen LogP contribution in [0.25, 0.3) is 0 Å². The van der Waals surface area contributed by atoms with Gasteiger partial charge in [0.25, 0.3) is 0 Å². The van der Waals surface area contributed by atoms with Gasteiger partial charge in [-0.05, 0) is 74.5 Å². The van der Waals surface area contributed by atoms with Crippen molar-refractivity contribution >= 4 is 0 Å². The van der Waals surface area contributed by atoms with Crippen molar-refractivity contribution in [1.29, 1.82) is 0 Å². The molecule has 4 fully saturated rings. The first-order valence-corrected chi connectivity index (χ1v) is 8.04. The van der Waals surface area contributed by atoms with Gasteiger partial charge in [0.2, 0.25) is 0 Å². The van der Waals surface area contributed by atoms with Gasteiger partial charge in [0.05, 0.1) is 6.10 Å². The highest BCUT2D eigenvalue weighted by Gasteiger charge is 2.53. The number of rotatable bonds is 6. The van der Waals surface area contributed by atoms with Crippen LogP contribution in [0, 0.1) is 23.2 Å². The molecule has 0 aromatic rings. The molecule has 4 bridgehead atoms. The molecule has 0 heterocycles. The maximum Gasteiger partial charge on any atom is 0.0611 e. The molecular formula is C16H29NO2. The summed E-state index contributed by atoms with van der Waals surface area (Å²) in [5.41, 5.74) is 6.36. The van der Waals surface area contributed by atoms with Crippen LogP contribution in [0.2, 0.25) is 0 Å². The van der Waals surface area contributed by atoms with Crippen LogP contribution in [-0.4, -0.2) is 31.0 Å². The smallest absolute Gasteiger partial charge is 0.0611 e. The lowest BCUT2D eigenvalue weighted by molar-refractivity contribution is -0.123. The molecule has 2 unspecified atom stereocenters. The molecule has 19 heavy (non-hydrogen) atoms. The normalized spacial score (nSPS) is 43.4. The SMILES string of the molecule is COCCC(N)CC(O)C12CC3CC(CC(C3)C1)C2. The van der Waals surface area contributed by atoms with Gasteiger partial charge in [0, 0.05) is 19.8 Å². The van der Waals surface area contributed by atoms with Crippen LogP contribution in [0.15, 0.2) is 0 Å². The highest BCUT2D eigenvalue weighted by atomic mass is 16.5. The van der Waals surface area contributed by atoms with Crippen LogP contribution in [0.5, 0.6) is 0 Å². The average molecular weight is 267 g/mol. The summed E-state index contributed by atoms with van der Waals surface area (Å²) >= 11 is 0. The molecule has 0 aromatic heterocycles. The fraction of sp³-hybridized carbons (Fsp3) is 1.00. The van der Waals surface area contributed by atoms with Gasteiger partial charge in [-0.3, -0.25) is 0 Å². The Bertz CT molecular complexity index is 283. The second-order valence-electron chi connectivity index (χ2n) is 7.57. The number of aliphatic hydroxyl groups is 1. The van der Waals surface area contributed by atoms with E-state index in [4.69, 9.17) is 10.5 Å². The van der Waals surface area contributed by atoms with Crippen molar-refractivity contribution in [3.63, 3.8) is 0 Å². The van der Waals surface area contributed by atoms with Gasteiger partial charge in [-0.25, -0.2) is 0 Å². The van der Waals surface area contributed by atoms with Crippen LogP contribution in [-0.2, 0) is 4.74 Å². The van der Waals surface area contributed by atoms with Crippen molar-refractivity contribution in [1.82, 2.24) is 0 Å². The predicted molar refractivity (Wildman–Crippen MR) is 75.7 cm³/mol. The zero-order valence-corrected chi connectivity index (χ0v) is 12.2. The number of hydrogen-bond donors (Lipinski definition) is 2. The molecule has 0 radical (unpaired) electrons. The van der Waals surface area contributed by atoms with E-state index in [1.54, 1.807) is 7.11 Å². The Kier molecular flexibility index (Phi) is 3.89. The highest BCUT2D eigenvalue weighted by molar-refractivity contribution is 5.04. The van der Waals surface area contributed by atoms with Crippen molar-refractivity contribution in [2.45, 2.75) is 63.5 Å². The summed E-state index contributed by atoms with van der Waals surface area (Å²) in [5, 5.41) is 10.8. The van der Waals surface area contributed by atoms with Crippen molar-refractivity contribution < 1.29 is 9.84 Å². The number of nitrogens with two attached hydrogens (primary N) is 1.